The molecular weight excluding hydrogens is 394 g/mol. The maximum Gasteiger partial charge on any atom is 0.0700 e. The summed E-state index contributed by atoms with van der Waals surface area (Å²) in [5, 5.41) is 0. The van der Waals surface area contributed by atoms with Crippen LogP contribution in [0.5, 0.6) is 0 Å². The molecule has 1 unspecified atom stereocenters. The van der Waals surface area contributed by atoms with Crippen LogP contribution >= 0.6 is 0 Å². The lowest BCUT2D eigenvalue weighted by atomic mass is 9.74. The lowest BCUT2D eigenvalue weighted by molar-refractivity contribution is -0.144. The van der Waals surface area contributed by atoms with E-state index in [0.29, 0.717) is 0 Å². The first-order chi connectivity index (χ1) is 15.6. The van der Waals surface area contributed by atoms with Crippen LogP contribution in [0.2, 0.25) is 0 Å². The molecule has 0 bridgehead atoms. The Morgan fingerprint density at radius 1 is 0.906 bits per heavy atom. The van der Waals surface area contributed by atoms with Crippen molar-refractivity contribution >= 4 is 0 Å². The highest BCUT2D eigenvalue weighted by atomic mass is 16.5. The summed E-state index contributed by atoms with van der Waals surface area (Å²) < 4.78 is 6.49. The fraction of sp³-hybridized carbons (Fsp3) is 0.607. The van der Waals surface area contributed by atoms with E-state index in [0.717, 1.165) is 38.4 Å². The predicted molar refractivity (Wildman–Crippen MR) is 130 cm³/mol. The van der Waals surface area contributed by atoms with Crippen molar-refractivity contribution in [1.82, 2.24) is 14.8 Å². The molecule has 2 aromatic rings. The van der Waals surface area contributed by atoms with Crippen LogP contribution in [0.25, 0.3) is 0 Å². The second kappa shape index (κ2) is 9.62. The van der Waals surface area contributed by atoms with Gasteiger partial charge >= 0.3 is 0 Å². The van der Waals surface area contributed by atoms with Gasteiger partial charge in [-0.25, -0.2) is 0 Å². The SMILES string of the molecule is Cc1cccc(CCC2(N3CCN(Cc4ccccc4)CC3)CCOC3(CCCC3)C2)n1. The molecule has 4 heteroatoms. The Bertz CT molecular complexity index is 871. The zero-order chi connectivity index (χ0) is 21.9. The highest BCUT2D eigenvalue weighted by Crippen LogP contribution is 2.47. The smallest absolute Gasteiger partial charge is 0.0700 e. The van der Waals surface area contributed by atoms with Gasteiger partial charge in [0.15, 0.2) is 0 Å². The van der Waals surface area contributed by atoms with Crippen LogP contribution in [0.1, 0.15) is 61.9 Å². The van der Waals surface area contributed by atoms with Crippen molar-refractivity contribution in [2.75, 3.05) is 32.8 Å². The number of hydrogen-bond acceptors (Lipinski definition) is 4. The van der Waals surface area contributed by atoms with Crippen molar-refractivity contribution in [2.24, 2.45) is 0 Å². The maximum atomic E-state index is 6.49. The molecule has 2 aliphatic heterocycles. The third-order valence-corrected chi connectivity index (χ3v) is 8.23. The third kappa shape index (κ3) is 4.93. The maximum absolute atomic E-state index is 6.49. The highest BCUT2D eigenvalue weighted by Gasteiger charge is 2.49. The molecule has 0 N–H and O–H groups in total. The molecule has 2 saturated heterocycles. The Balaban J connectivity index is 1.29. The molecule has 0 amide bonds. The van der Waals surface area contributed by atoms with E-state index in [2.05, 4.69) is 65.3 Å². The van der Waals surface area contributed by atoms with E-state index in [1.807, 2.05) is 0 Å². The Hall–Kier alpha value is -1.75. The molecule has 1 spiro atoms. The fourth-order valence-electron chi connectivity index (χ4n) is 6.50. The number of aryl methyl sites for hydroxylation is 2. The summed E-state index contributed by atoms with van der Waals surface area (Å²) in [6.07, 6.45) is 9.83. The normalized spacial score (nSPS) is 26.5. The molecule has 3 heterocycles. The number of nitrogens with zero attached hydrogens (tertiary/aromatic N) is 3. The van der Waals surface area contributed by atoms with Gasteiger partial charge in [0.2, 0.25) is 0 Å². The Morgan fingerprint density at radius 2 is 1.69 bits per heavy atom. The molecule has 4 nitrogen and oxygen atoms in total. The second-order valence-electron chi connectivity index (χ2n) is 10.4. The summed E-state index contributed by atoms with van der Waals surface area (Å²) in [6, 6.07) is 17.4. The average Bonchev–Trinajstić information content (AvgIpc) is 3.26. The van der Waals surface area contributed by atoms with Crippen LogP contribution in [0, 0.1) is 6.92 Å². The molecule has 1 atom stereocenters. The molecule has 3 aliphatic rings. The van der Waals surface area contributed by atoms with E-state index >= 15 is 0 Å². The van der Waals surface area contributed by atoms with Gasteiger partial charge in [-0.3, -0.25) is 14.8 Å². The van der Waals surface area contributed by atoms with Gasteiger partial charge in [0.05, 0.1) is 5.60 Å². The largest absolute Gasteiger partial charge is 0.375 e. The number of hydrogen-bond donors (Lipinski definition) is 0. The quantitative estimate of drug-likeness (QED) is 0.641. The molecule has 1 aliphatic carbocycles. The molecule has 32 heavy (non-hydrogen) atoms. The van der Waals surface area contributed by atoms with Gasteiger partial charge in [-0.05, 0) is 63.1 Å². The van der Waals surface area contributed by atoms with E-state index in [1.54, 1.807) is 0 Å². The fourth-order valence-corrected chi connectivity index (χ4v) is 6.50. The predicted octanol–water partition coefficient (Wildman–Crippen LogP) is 5.00. The minimum absolute atomic E-state index is 0.138. The minimum Gasteiger partial charge on any atom is -0.375 e. The van der Waals surface area contributed by atoms with Crippen LogP contribution in [0.15, 0.2) is 48.5 Å². The first kappa shape index (κ1) is 22.1. The van der Waals surface area contributed by atoms with Crippen molar-refractivity contribution < 1.29 is 4.74 Å². The van der Waals surface area contributed by atoms with Gasteiger partial charge < -0.3 is 4.74 Å². The zero-order valence-electron chi connectivity index (χ0n) is 19.8. The van der Waals surface area contributed by atoms with Gasteiger partial charge in [-0.2, -0.15) is 0 Å². The molecule has 3 fully saturated rings. The first-order valence-corrected chi connectivity index (χ1v) is 12.7. The van der Waals surface area contributed by atoms with Gasteiger partial charge in [-0.15, -0.1) is 0 Å². The standard InChI is InChI=1S/C28H39N3O/c1-24-8-7-11-26(29-24)12-15-27(16-21-32-28(23-27)13-5-6-14-28)31-19-17-30(18-20-31)22-25-9-3-2-4-10-25/h2-4,7-11H,5-6,12-23H2,1H3. The number of pyridine rings is 1. The van der Waals surface area contributed by atoms with Crippen molar-refractivity contribution in [2.45, 2.75) is 76.0 Å². The molecular formula is C28H39N3O. The van der Waals surface area contributed by atoms with Crippen molar-refractivity contribution in [3.05, 3.63) is 65.5 Å². The van der Waals surface area contributed by atoms with E-state index in [-0.39, 0.29) is 11.1 Å². The lowest BCUT2D eigenvalue weighted by Gasteiger charge is -2.54. The van der Waals surface area contributed by atoms with Crippen LogP contribution < -0.4 is 0 Å². The first-order valence-electron chi connectivity index (χ1n) is 12.7. The molecule has 1 aromatic carbocycles. The van der Waals surface area contributed by atoms with Crippen LogP contribution in [-0.4, -0.2) is 58.7 Å². The summed E-state index contributed by atoms with van der Waals surface area (Å²) in [5.41, 5.74) is 4.20. The zero-order valence-corrected chi connectivity index (χ0v) is 19.8. The average molecular weight is 434 g/mol. The van der Waals surface area contributed by atoms with E-state index < -0.39 is 0 Å². The van der Waals surface area contributed by atoms with Crippen LogP contribution in [0.3, 0.4) is 0 Å². The third-order valence-electron chi connectivity index (χ3n) is 8.23. The molecule has 5 rings (SSSR count). The second-order valence-corrected chi connectivity index (χ2v) is 10.4. The van der Waals surface area contributed by atoms with E-state index in [1.165, 1.54) is 69.3 Å². The molecule has 1 saturated carbocycles. The highest BCUT2D eigenvalue weighted by molar-refractivity contribution is 5.15. The summed E-state index contributed by atoms with van der Waals surface area (Å²) in [5.74, 6) is 0. The number of aromatic nitrogens is 1. The van der Waals surface area contributed by atoms with Gasteiger partial charge in [0.1, 0.15) is 0 Å². The summed E-state index contributed by atoms with van der Waals surface area (Å²) >= 11 is 0. The Kier molecular flexibility index (Phi) is 6.64. The number of rotatable bonds is 6. The lowest BCUT2D eigenvalue weighted by Crippen LogP contribution is -2.62. The van der Waals surface area contributed by atoms with Crippen LogP contribution in [-0.2, 0) is 17.7 Å². The monoisotopic (exact) mass is 433 g/mol. The van der Waals surface area contributed by atoms with Crippen molar-refractivity contribution in [3.8, 4) is 0 Å². The molecule has 172 valence electrons. The molecule has 0 radical (unpaired) electrons. The number of benzene rings is 1. The van der Waals surface area contributed by atoms with Crippen LogP contribution in [0.4, 0.5) is 0 Å². The van der Waals surface area contributed by atoms with E-state index in [4.69, 9.17) is 9.72 Å². The number of ether oxygens (including phenoxy) is 1. The van der Waals surface area contributed by atoms with Crippen molar-refractivity contribution in [3.63, 3.8) is 0 Å². The van der Waals surface area contributed by atoms with Crippen molar-refractivity contribution in [1.29, 1.82) is 0 Å². The Morgan fingerprint density at radius 3 is 2.44 bits per heavy atom. The summed E-state index contributed by atoms with van der Waals surface area (Å²) in [7, 11) is 0. The van der Waals surface area contributed by atoms with E-state index in [9.17, 15) is 0 Å². The molecule has 1 aromatic heterocycles. The summed E-state index contributed by atoms with van der Waals surface area (Å²) in [4.78, 5) is 10.3. The van der Waals surface area contributed by atoms with Gasteiger partial charge in [-0.1, -0.05) is 49.2 Å². The topological polar surface area (TPSA) is 28.6 Å². The summed E-state index contributed by atoms with van der Waals surface area (Å²) in [6.45, 7) is 8.76. The number of piperazine rings is 1. The van der Waals surface area contributed by atoms with Gasteiger partial charge in [0.25, 0.3) is 0 Å². The Labute approximate surface area is 194 Å². The van der Waals surface area contributed by atoms with Gasteiger partial charge in [0, 0.05) is 56.3 Å². The minimum atomic E-state index is 0.138.